The van der Waals surface area contributed by atoms with Crippen LogP contribution >= 0.6 is 11.8 Å². The molecule has 3 rings (SSSR count). The smallest absolute Gasteiger partial charge is 0.321 e. The Morgan fingerprint density at radius 3 is 2.75 bits per heavy atom. The van der Waals surface area contributed by atoms with Gasteiger partial charge in [-0.1, -0.05) is 42.1 Å². The maximum absolute atomic E-state index is 11.5. The average Bonchev–Trinajstić information content (AvgIpc) is 2.94. The first-order valence-corrected chi connectivity index (χ1v) is 6.72. The maximum atomic E-state index is 11.5. The highest BCUT2D eigenvalue weighted by atomic mass is 32.2. The van der Waals surface area contributed by atoms with E-state index in [2.05, 4.69) is 19.9 Å². The van der Waals surface area contributed by atoms with Crippen molar-refractivity contribution in [3.8, 4) is 0 Å². The molecule has 0 saturated heterocycles. The van der Waals surface area contributed by atoms with Crippen molar-refractivity contribution in [1.29, 1.82) is 0 Å². The number of rotatable bonds is 4. The predicted molar refractivity (Wildman–Crippen MR) is 74.4 cm³/mol. The van der Waals surface area contributed by atoms with Crippen LogP contribution in [0.15, 0.2) is 48.0 Å². The molecule has 0 spiro atoms. The van der Waals surface area contributed by atoms with Crippen LogP contribution in [0.3, 0.4) is 0 Å². The van der Waals surface area contributed by atoms with Gasteiger partial charge in [0.1, 0.15) is 22.1 Å². The molecule has 0 unspecified atom stereocenters. The maximum Gasteiger partial charge on any atom is 0.321 e. The van der Waals surface area contributed by atoms with E-state index >= 15 is 0 Å². The second kappa shape index (κ2) is 5.30. The molecule has 1 aromatic carbocycles. The predicted octanol–water partition coefficient (Wildman–Crippen LogP) is 2.27. The summed E-state index contributed by atoms with van der Waals surface area (Å²) in [5.41, 5.74) is 1.90. The second-order valence-electron chi connectivity index (χ2n) is 4.03. The van der Waals surface area contributed by atoms with Gasteiger partial charge in [0.15, 0.2) is 5.65 Å². The third kappa shape index (κ3) is 2.35. The van der Waals surface area contributed by atoms with Crippen LogP contribution in [0.4, 0.5) is 0 Å². The first-order valence-electron chi connectivity index (χ1n) is 5.84. The lowest BCUT2D eigenvalue weighted by molar-refractivity contribution is -0.136. The molecule has 0 aliphatic heterocycles. The highest BCUT2D eigenvalue weighted by molar-refractivity contribution is 8.00. The van der Waals surface area contributed by atoms with Crippen molar-refractivity contribution in [3.05, 3.63) is 48.5 Å². The van der Waals surface area contributed by atoms with E-state index < -0.39 is 11.2 Å². The van der Waals surface area contributed by atoms with Gasteiger partial charge in [-0.05, 0) is 5.56 Å². The molecule has 2 N–H and O–H groups in total. The van der Waals surface area contributed by atoms with Crippen LogP contribution in [0.25, 0.3) is 11.2 Å². The van der Waals surface area contributed by atoms with E-state index in [1.54, 1.807) is 12.1 Å². The third-order valence-corrected chi connectivity index (χ3v) is 3.99. The average molecular weight is 286 g/mol. The minimum Gasteiger partial charge on any atom is -0.480 e. The number of carboxylic acid groups (broad SMARTS) is 1. The minimum atomic E-state index is -0.910. The van der Waals surface area contributed by atoms with Crippen LogP contribution < -0.4 is 0 Å². The van der Waals surface area contributed by atoms with Gasteiger partial charge in [0.2, 0.25) is 0 Å². The van der Waals surface area contributed by atoms with Crippen LogP contribution in [-0.2, 0) is 4.79 Å². The molecule has 20 heavy (non-hydrogen) atoms. The number of H-pyrrole nitrogens is 1. The van der Waals surface area contributed by atoms with Crippen molar-refractivity contribution in [2.45, 2.75) is 10.3 Å². The standard InChI is InChI=1S/C13H10N4O2S/c18-13(19)10(8-4-2-1-3-5-8)20-12-9-11(15-6-14-9)16-7-17-12/h1-7,10H,(H,18,19)(H,14,15,16,17)/t10-/m0/s1. The number of imidazole rings is 1. The van der Waals surface area contributed by atoms with Crippen LogP contribution in [-0.4, -0.2) is 31.0 Å². The summed E-state index contributed by atoms with van der Waals surface area (Å²) in [5, 5.41) is 9.27. The van der Waals surface area contributed by atoms with Crippen molar-refractivity contribution < 1.29 is 9.90 Å². The number of aromatic nitrogens is 4. The topological polar surface area (TPSA) is 91.8 Å². The number of aromatic amines is 1. The van der Waals surface area contributed by atoms with Gasteiger partial charge in [0, 0.05) is 0 Å². The Morgan fingerprint density at radius 1 is 1.20 bits per heavy atom. The lowest BCUT2D eigenvalue weighted by atomic mass is 10.1. The summed E-state index contributed by atoms with van der Waals surface area (Å²) in [4.78, 5) is 26.6. The second-order valence-corrected chi connectivity index (χ2v) is 5.12. The fraction of sp³-hybridized carbons (Fsp3) is 0.0769. The zero-order chi connectivity index (χ0) is 13.9. The molecular weight excluding hydrogens is 276 g/mol. The van der Waals surface area contributed by atoms with Gasteiger partial charge in [-0.25, -0.2) is 15.0 Å². The number of fused-ring (bicyclic) bond motifs is 1. The summed E-state index contributed by atoms with van der Waals surface area (Å²) in [7, 11) is 0. The van der Waals surface area contributed by atoms with Crippen LogP contribution in [0, 0.1) is 0 Å². The zero-order valence-electron chi connectivity index (χ0n) is 10.2. The van der Waals surface area contributed by atoms with Gasteiger partial charge in [0.05, 0.1) is 6.33 Å². The lowest BCUT2D eigenvalue weighted by Crippen LogP contribution is -2.08. The highest BCUT2D eigenvalue weighted by Gasteiger charge is 2.23. The summed E-state index contributed by atoms with van der Waals surface area (Å²) < 4.78 is 0. The molecule has 0 fully saturated rings. The molecule has 3 aromatic rings. The molecule has 6 nitrogen and oxygen atoms in total. The van der Waals surface area contributed by atoms with E-state index in [0.29, 0.717) is 16.2 Å². The van der Waals surface area contributed by atoms with Crippen molar-refractivity contribution in [2.75, 3.05) is 0 Å². The Labute approximate surface area is 118 Å². The molecule has 100 valence electrons. The monoisotopic (exact) mass is 286 g/mol. The molecule has 2 heterocycles. The zero-order valence-corrected chi connectivity index (χ0v) is 11.0. The molecule has 0 amide bonds. The summed E-state index contributed by atoms with van der Waals surface area (Å²) in [6, 6.07) is 9.06. The molecule has 0 saturated carbocycles. The van der Waals surface area contributed by atoms with E-state index in [1.165, 1.54) is 12.7 Å². The minimum absolute atomic E-state index is 0.528. The van der Waals surface area contributed by atoms with Crippen LogP contribution in [0.5, 0.6) is 0 Å². The quantitative estimate of drug-likeness (QED) is 0.564. The number of nitrogens with zero attached hydrogens (tertiary/aromatic N) is 3. The number of carbonyl (C=O) groups is 1. The molecule has 0 aliphatic carbocycles. The molecule has 0 radical (unpaired) electrons. The Hall–Kier alpha value is -2.41. The summed E-state index contributed by atoms with van der Waals surface area (Å²) in [6.45, 7) is 0. The van der Waals surface area contributed by atoms with Crippen LogP contribution in [0.2, 0.25) is 0 Å². The van der Waals surface area contributed by atoms with Crippen molar-refractivity contribution in [2.24, 2.45) is 0 Å². The molecule has 2 aromatic heterocycles. The van der Waals surface area contributed by atoms with Gasteiger partial charge >= 0.3 is 5.97 Å². The fourth-order valence-electron chi connectivity index (χ4n) is 1.83. The van der Waals surface area contributed by atoms with E-state index in [4.69, 9.17) is 0 Å². The number of nitrogens with one attached hydrogen (secondary N) is 1. The van der Waals surface area contributed by atoms with Gasteiger partial charge < -0.3 is 10.1 Å². The van der Waals surface area contributed by atoms with Gasteiger partial charge in [0.25, 0.3) is 0 Å². The molecule has 7 heteroatoms. The third-order valence-electron chi connectivity index (χ3n) is 2.74. The van der Waals surface area contributed by atoms with Gasteiger partial charge in [-0.15, -0.1) is 0 Å². The van der Waals surface area contributed by atoms with Crippen molar-refractivity contribution in [3.63, 3.8) is 0 Å². The largest absolute Gasteiger partial charge is 0.480 e. The molecule has 1 atom stereocenters. The number of carboxylic acids is 1. The first-order chi connectivity index (χ1) is 9.75. The van der Waals surface area contributed by atoms with Gasteiger partial charge in [-0.2, -0.15) is 0 Å². The highest BCUT2D eigenvalue weighted by Crippen LogP contribution is 2.36. The molecular formula is C13H10N4O2S. The fourth-order valence-corrected chi connectivity index (χ4v) is 2.83. The summed E-state index contributed by atoms with van der Waals surface area (Å²) in [6.07, 6.45) is 2.90. The van der Waals surface area contributed by atoms with Crippen molar-refractivity contribution in [1.82, 2.24) is 19.9 Å². The van der Waals surface area contributed by atoms with E-state index in [9.17, 15) is 9.90 Å². The van der Waals surface area contributed by atoms with Crippen LogP contribution in [0.1, 0.15) is 10.8 Å². The normalized spacial score (nSPS) is 12.4. The molecule has 0 aliphatic rings. The number of hydrogen-bond acceptors (Lipinski definition) is 5. The van der Waals surface area contributed by atoms with Gasteiger partial charge in [-0.3, -0.25) is 4.79 Å². The van der Waals surface area contributed by atoms with E-state index in [0.717, 1.165) is 17.3 Å². The number of aliphatic carboxylic acids is 1. The SMILES string of the molecule is O=C(O)[C@@H](Sc1ncnc2nc[nH]c12)c1ccccc1. The summed E-state index contributed by atoms with van der Waals surface area (Å²) >= 11 is 1.16. The Morgan fingerprint density at radius 2 is 2.00 bits per heavy atom. The Kier molecular flexibility index (Phi) is 3.34. The Balaban J connectivity index is 1.99. The lowest BCUT2D eigenvalue weighted by Gasteiger charge is -2.11. The van der Waals surface area contributed by atoms with E-state index in [-0.39, 0.29) is 0 Å². The number of thioether (sulfide) groups is 1. The van der Waals surface area contributed by atoms with E-state index in [1.807, 2.05) is 18.2 Å². The summed E-state index contributed by atoms with van der Waals surface area (Å²) in [5.74, 6) is -0.910. The van der Waals surface area contributed by atoms with Crippen molar-refractivity contribution >= 4 is 28.9 Å². The first kappa shape index (κ1) is 12.6. The molecule has 0 bridgehead atoms. The number of benzene rings is 1. The number of hydrogen-bond donors (Lipinski definition) is 2. The Bertz CT molecular complexity index is 744.